The van der Waals surface area contributed by atoms with E-state index in [9.17, 15) is 4.79 Å². The standard InChI is InChI=1S/C25H21ClN4O/c1-16(31)30-24(18-11-7-4-8-12-18)23-25(28-30)29(2)21-14-13-19(26)15-20(21)22(27-23)17-9-5-3-6-10-17/h3-15,23-24H,1-2H3. The van der Waals surface area contributed by atoms with Gasteiger partial charge in [-0.15, -0.1) is 0 Å². The molecular formula is C25H21ClN4O. The summed E-state index contributed by atoms with van der Waals surface area (Å²) in [6.45, 7) is 1.54. The van der Waals surface area contributed by atoms with Crippen LogP contribution in [-0.2, 0) is 4.79 Å². The number of hydrogen-bond acceptors (Lipinski definition) is 4. The lowest BCUT2D eigenvalue weighted by Gasteiger charge is -2.25. The van der Waals surface area contributed by atoms with Gasteiger partial charge >= 0.3 is 0 Å². The number of rotatable bonds is 2. The number of fused-ring (bicyclic) bond motifs is 2. The van der Waals surface area contributed by atoms with E-state index in [1.165, 1.54) is 0 Å². The molecule has 2 heterocycles. The van der Waals surface area contributed by atoms with E-state index in [1.807, 2.05) is 90.8 Å². The quantitative estimate of drug-likeness (QED) is 0.582. The Hall–Kier alpha value is -3.44. The third-order valence-corrected chi connectivity index (χ3v) is 5.97. The van der Waals surface area contributed by atoms with Crippen LogP contribution in [0.3, 0.4) is 0 Å². The minimum Gasteiger partial charge on any atom is -0.329 e. The highest BCUT2D eigenvalue weighted by molar-refractivity contribution is 6.32. The Labute approximate surface area is 186 Å². The van der Waals surface area contributed by atoms with Gasteiger partial charge in [0.15, 0.2) is 5.84 Å². The topological polar surface area (TPSA) is 48.3 Å². The van der Waals surface area contributed by atoms with E-state index >= 15 is 0 Å². The lowest BCUT2D eigenvalue weighted by molar-refractivity contribution is -0.130. The lowest BCUT2D eigenvalue weighted by atomic mass is 9.98. The smallest absolute Gasteiger partial charge is 0.240 e. The van der Waals surface area contributed by atoms with Gasteiger partial charge < -0.3 is 4.90 Å². The van der Waals surface area contributed by atoms with E-state index < -0.39 is 0 Å². The van der Waals surface area contributed by atoms with E-state index in [2.05, 4.69) is 0 Å². The maximum Gasteiger partial charge on any atom is 0.240 e. The van der Waals surface area contributed by atoms with Crippen molar-refractivity contribution in [3.05, 3.63) is 101 Å². The summed E-state index contributed by atoms with van der Waals surface area (Å²) in [4.78, 5) is 19.8. The minimum absolute atomic E-state index is 0.115. The van der Waals surface area contributed by atoms with Crippen molar-refractivity contribution in [3.8, 4) is 0 Å². The number of nitrogens with zero attached hydrogens (tertiary/aromatic N) is 4. The molecule has 0 radical (unpaired) electrons. The van der Waals surface area contributed by atoms with Crippen molar-refractivity contribution in [2.45, 2.75) is 19.0 Å². The number of hydrazone groups is 1. The molecule has 0 saturated heterocycles. The van der Waals surface area contributed by atoms with E-state index in [1.54, 1.807) is 11.9 Å². The molecule has 31 heavy (non-hydrogen) atoms. The Morgan fingerprint density at radius 1 is 0.968 bits per heavy atom. The van der Waals surface area contributed by atoms with Crippen molar-refractivity contribution in [3.63, 3.8) is 0 Å². The van der Waals surface area contributed by atoms with Crippen LogP contribution in [-0.4, -0.2) is 35.6 Å². The first-order valence-corrected chi connectivity index (χ1v) is 10.5. The predicted octanol–water partition coefficient (Wildman–Crippen LogP) is 4.91. The van der Waals surface area contributed by atoms with E-state index in [4.69, 9.17) is 21.7 Å². The predicted molar refractivity (Wildman–Crippen MR) is 125 cm³/mol. The summed E-state index contributed by atoms with van der Waals surface area (Å²) in [7, 11) is 1.97. The zero-order valence-corrected chi connectivity index (χ0v) is 18.0. The number of hydrogen-bond donors (Lipinski definition) is 0. The Morgan fingerprint density at radius 2 is 1.65 bits per heavy atom. The fourth-order valence-electron chi connectivity index (χ4n) is 4.29. The number of likely N-dealkylation sites (N-methyl/N-ethyl adjacent to an activating group) is 1. The molecule has 2 aliphatic heterocycles. The largest absolute Gasteiger partial charge is 0.329 e. The highest BCUT2D eigenvalue weighted by Crippen LogP contribution is 2.39. The van der Waals surface area contributed by atoms with Crippen LogP contribution in [0.2, 0.25) is 5.02 Å². The molecule has 0 aliphatic carbocycles. The molecule has 5 rings (SSSR count). The monoisotopic (exact) mass is 428 g/mol. The Morgan fingerprint density at radius 3 is 2.32 bits per heavy atom. The zero-order chi connectivity index (χ0) is 21.5. The van der Waals surface area contributed by atoms with Crippen LogP contribution in [0.15, 0.2) is 89.0 Å². The molecule has 0 N–H and O–H groups in total. The average molecular weight is 429 g/mol. The van der Waals surface area contributed by atoms with Gasteiger partial charge in [-0.3, -0.25) is 9.79 Å². The summed E-state index contributed by atoms with van der Waals surface area (Å²) >= 11 is 6.38. The highest BCUT2D eigenvalue weighted by Gasteiger charge is 2.44. The van der Waals surface area contributed by atoms with Crippen LogP contribution < -0.4 is 4.90 Å². The molecule has 0 spiro atoms. The van der Waals surface area contributed by atoms with Gasteiger partial charge in [0.2, 0.25) is 5.91 Å². The molecule has 1 amide bonds. The number of benzene rings is 3. The molecule has 0 fully saturated rings. The molecule has 2 atom stereocenters. The Balaban J connectivity index is 1.77. The van der Waals surface area contributed by atoms with Crippen LogP contribution in [0.1, 0.15) is 29.7 Å². The fraction of sp³-hybridized carbons (Fsp3) is 0.160. The van der Waals surface area contributed by atoms with Crippen molar-refractivity contribution in [2.75, 3.05) is 11.9 Å². The van der Waals surface area contributed by atoms with Gasteiger partial charge in [-0.2, -0.15) is 5.10 Å². The molecular weight excluding hydrogens is 408 g/mol. The number of amidine groups is 1. The molecule has 154 valence electrons. The number of aliphatic imine (C=N–C) groups is 1. The molecule has 0 saturated carbocycles. The minimum atomic E-state index is -0.349. The number of carbonyl (C=O) groups is 1. The van der Waals surface area contributed by atoms with Crippen LogP contribution in [0.4, 0.5) is 5.69 Å². The first kappa shape index (κ1) is 19.5. The van der Waals surface area contributed by atoms with Gasteiger partial charge in [0, 0.05) is 30.1 Å². The van der Waals surface area contributed by atoms with Gasteiger partial charge in [0.1, 0.15) is 12.1 Å². The van der Waals surface area contributed by atoms with Crippen LogP contribution >= 0.6 is 11.6 Å². The van der Waals surface area contributed by atoms with Crippen LogP contribution in [0, 0.1) is 0 Å². The van der Waals surface area contributed by atoms with Crippen LogP contribution in [0.5, 0.6) is 0 Å². The van der Waals surface area contributed by atoms with Gasteiger partial charge in [-0.1, -0.05) is 72.3 Å². The summed E-state index contributed by atoms with van der Waals surface area (Å²) in [6, 6.07) is 25.1. The number of anilines is 1. The number of amides is 1. The summed E-state index contributed by atoms with van der Waals surface area (Å²) in [5.74, 6) is 0.620. The van der Waals surface area contributed by atoms with Gasteiger partial charge in [-0.25, -0.2) is 5.01 Å². The van der Waals surface area contributed by atoms with Crippen molar-refractivity contribution in [1.82, 2.24) is 5.01 Å². The molecule has 3 aromatic carbocycles. The maximum atomic E-state index is 12.5. The van der Waals surface area contributed by atoms with Crippen LogP contribution in [0.25, 0.3) is 0 Å². The molecule has 6 heteroatoms. The second kappa shape index (κ2) is 7.67. The van der Waals surface area contributed by atoms with Crippen molar-refractivity contribution in [1.29, 1.82) is 0 Å². The van der Waals surface area contributed by atoms with Crippen molar-refractivity contribution in [2.24, 2.45) is 10.1 Å². The second-order valence-electron chi connectivity index (χ2n) is 7.69. The van der Waals surface area contributed by atoms with E-state index in [0.29, 0.717) is 5.02 Å². The van der Waals surface area contributed by atoms with Gasteiger partial charge in [0.25, 0.3) is 0 Å². The highest BCUT2D eigenvalue weighted by atomic mass is 35.5. The van der Waals surface area contributed by atoms with E-state index in [-0.39, 0.29) is 18.0 Å². The fourth-order valence-corrected chi connectivity index (χ4v) is 4.46. The van der Waals surface area contributed by atoms with E-state index in [0.717, 1.165) is 33.9 Å². The molecule has 0 aromatic heterocycles. The Bertz CT molecular complexity index is 1210. The Kier molecular flexibility index (Phi) is 4.83. The summed E-state index contributed by atoms with van der Waals surface area (Å²) in [5, 5.41) is 6.95. The zero-order valence-electron chi connectivity index (χ0n) is 17.2. The SMILES string of the molecule is CC(=O)N1N=C2C(N=C(c3ccccc3)c3cc(Cl)ccc3N2C)C1c1ccccc1. The van der Waals surface area contributed by atoms with Crippen molar-refractivity contribution >= 4 is 34.7 Å². The van der Waals surface area contributed by atoms with Gasteiger partial charge in [-0.05, 0) is 23.8 Å². The van der Waals surface area contributed by atoms with Crippen molar-refractivity contribution < 1.29 is 4.79 Å². The maximum absolute atomic E-state index is 12.5. The lowest BCUT2D eigenvalue weighted by Crippen LogP contribution is -2.36. The number of carbonyl (C=O) groups excluding carboxylic acids is 1. The number of halogens is 1. The molecule has 3 aromatic rings. The summed E-state index contributed by atoms with van der Waals surface area (Å²) in [6.07, 6.45) is 0. The first-order chi connectivity index (χ1) is 15.0. The summed E-state index contributed by atoms with van der Waals surface area (Å²) in [5.41, 5.74) is 4.72. The van der Waals surface area contributed by atoms with Gasteiger partial charge in [0.05, 0.1) is 11.4 Å². The normalized spacial score (nSPS) is 19.8. The third kappa shape index (κ3) is 3.31. The first-order valence-electron chi connectivity index (χ1n) is 10.1. The average Bonchev–Trinajstić information content (AvgIpc) is 3.12. The molecule has 0 bridgehead atoms. The summed E-state index contributed by atoms with van der Waals surface area (Å²) < 4.78 is 0. The second-order valence-corrected chi connectivity index (χ2v) is 8.12. The third-order valence-electron chi connectivity index (χ3n) is 5.74. The molecule has 5 nitrogen and oxygen atoms in total. The molecule has 2 aliphatic rings. The molecule has 2 unspecified atom stereocenters.